The summed E-state index contributed by atoms with van der Waals surface area (Å²) in [5.41, 5.74) is 7.52. The molecule has 0 aliphatic carbocycles. The first-order valence-corrected chi connectivity index (χ1v) is 11.5. The van der Waals surface area contributed by atoms with E-state index < -0.39 is 21.8 Å². The number of amides is 1. The predicted molar refractivity (Wildman–Crippen MR) is 117 cm³/mol. The molecule has 0 unspecified atom stereocenters. The zero-order valence-corrected chi connectivity index (χ0v) is 18.4. The second kappa shape index (κ2) is 8.75. The Balaban J connectivity index is 1.59. The van der Waals surface area contributed by atoms with Gasteiger partial charge in [0.2, 0.25) is 10.0 Å². The summed E-state index contributed by atoms with van der Waals surface area (Å²) in [7, 11) is -3.61. The Morgan fingerprint density at radius 2 is 1.70 bits per heavy atom. The highest BCUT2D eigenvalue weighted by atomic mass is 32.2. The maximum absolute atomic E-state index is 12.9. The Morgan fingerprint density at radius 1 is 1.10 bits per heavy atom. The van der Waals surface area contributed by atoms with Gasteiger partial charge in [-0.15, -0.1) is 0 Å². The average molecular weight is 432 g/mol. The van der Waals surface area contributed by atoms with Crippen LogP contribution in [0.5, 0.6) is 0 Å². The van der Waals surface area contributed by atoms with E-state index in [1.165, 1.54) is 9.87 Å². The van der Waals surface area contributed by atoms with Crippen molar-refractivity contribution in [3.8, 4) is 0 Å². The molecular weight excluding hydrogens is 402 g/mol. The van der Waals surface area contributed by atoms with Crippen LogP contribution in [0.2, 0.25) is 0 Å². The summed E-state index contributed by atoms with van der Waals surface area (Å²) in [6, 6.07) is 14.4. The highest BCUT2D eigenvalue weighted by Gasteiger charge is 2.39. The van der Waals surface area contributed by atoms with E-state index in [4.69, 9.17) is 10.5 Å². The van der Waals surface area contributed by atoms with Crippen LogP contribution in [0, 0.1) is 6.92 Å². The van der Waals surface area contributed by atoms with Crippen LogP contribution in [0.25, 0.3) is 0 Å². The van der Waals surface area contributed by atoms with Gasteiger partial charge in [-0.25, -0.2) is 13.2 Å². The molecule has 7 nitrogen and oxygen atoms in total. The number of hydrogen-bond donors (Lipinski definition) is 2. The van der Waals surface area contributed by atoms with Crippen molar-refractivity contribution < 1.29 is 17.9 Å². The Labute approximate surface area is 178 Å². The number of carbonyl (C=O) groups excluding carboxylic acids is 1. The monoisotopic (exact) mass is 431 g/mol. The Hall–Kier alpha value is -2.42. The fraction of sp³-hybridized carbons (Fsp3) is 0.409. The van der Waals surface area contributed by atoms with Gasteiger partial charge in [0.1, 0.15) is 0 Å². The standard InChI is InChI=1S/C22H29N3O4S/c1-16(2)18-8-10-19(11-9-18)24-21(26)29-22(23)12-14-25(15-13-22)30(27,28)20-7-5-4-6-17(20)3/h4-11,16H,12-15,23H2,1-3H3,(H,24,26). The van der Waals surface area contributed by atoms with Gasteiger partial charge in [0.15, 0.2) is 5.72 Å². The summed E-state index contributed by atoms with van der Waals surface area (Å²) < 4.78 is 32.7. The molecule has 1 aliphatic heterocycles. The molecule has 30 heavy (non-hydrogen) atoms. The second-order valence-electron chi connectivity index (χ2n) is 8.03. The Kier molecular flexibility index (Phi) is 6.50. The van der Waals surface area contributed by atoms with Gasteiger partial charge in [0.05, 0.1) is 4.90 Å². The molecule has 2 aromatic rings. The number of anilines is 1. The molecule has 0 atom stereocenters. The number of sulfonamides is 1. The third kappa shape index (κ3) is 5.00. The van der Waals surface area contributed by atoms with Gasteiger partial charge in [0.25, 0.3) is 0 Å². The topological polar surface area (TPSA) is 102 Å². The number of hydrogen-bond acceptors (Lipinski definition) is 5. The van der Waals surface area contributed by atoms with Crippen LogP contribution in [-0.4, -0.2) is 37.6 Å². The number of nitrogens with two attached hydrogens (primary N) is 1. The smallest absolute Gasteiger partial charge is 0.413 e. The Bertz CT molecular complexity index is 995. The number of nitrogens with zero attached hydrogens (tertiary/aromatic N) is 1. The third-order valence-electron chi connectivity index (χ3n) is 5.40. The largest absolute Gasteiger partial charge is 0.428 e. The maximum atomic E-state index is 12.9. The molecule has 0 bridgehead atoms. The molecule has 2 aromatic carbocycles. The van der Waals surface area contributed by atoms with E-state index in [0.29, 0.717) is 17.2 Å². The van der Waals surface area contributed by atoms with E-state index in [1.54, 1.807) is 31.2 Å². The quantitative estimate of drug-likeness (QED) is 0.701. The molecule has 0 aromatic heterocycles. The van der Waals surface area contributed by atoms with E-state index >= 15 is 0 Å². The lowest BCUT2D eigenvalue weighted by atomic mass is 10.0. The normalized spacial score (nSPS) is 17.0. The third-order valence-corrected chi connectivity index (χ3v) is 7.46. The van der Waals surface area contributed by atoms with Crippen molar-refractivity contribution in [1.29, 1.82) is 0 Å². The number of ether oxygens (including phenoxy) is 1. The maximum Gasteiger partial charge on any atom is 0.413 e. The van der Waals surface area contributed by atoms with Crippen molar-refractivity contribution in [1.82, 2.24) is 4.31 Å². The van der Waals surface area contributed by atoms with Crippen molar-refractivity contribution in [2.45, 2.75) is 50.2 Å². The SMILES string of the molecule is Cc1ccccc1S(=O)(=O)N1CCC(N)(OC(=O)Nc2ccc(C(C)C)cc2)CC1. The molecule has 1 amide bonds. The van der Waals surface area contributed by atoms with Crippen LogP contribution >= 0.6 is 0 Å². The van der Waals surface area contributed by atoms with Crippen molar-refractivity contribution in [2.24, 2.45) is 5.73 Å². The molecule has 0 saturated carbocycles. The molecule has 0 spiro atoms. The van der Waals surface area contributed by atoms with Crippen molar-refractivity contribution in [3.05, 3.63) is 59.7 Å². The van der Waals surface area contributed by atoms with Gasteiger partial charge in [-0.2, -0.15) is 4.31 Å². The fourth-order valence-corrected chi connectivity index (χ4v) is 5.14. The molecule has 162 valence electrons. The molecule has 1 fully saturated rings. The number of piperidine rings is 1. The average Bonchev–Trinajstić information content (AvgIpc) is 2.68. The van der Waals surface area contributed by atoms with Gasteiger partial charge in [-0.1, -0.05) is 44.2 Å². The van der Waals surface area contributed by atoms with Crippen LogP contribution in [0.3, 0.4) is 0 Å². The van der Waals surface area contributed by atoms with Gasteiger partial charge in [-0.3, -0.25) is 11.1 Å². The lowest BCUT2D eigenvalue weighted by Crippen LogP contribution is -2.54. The summed E-state index contributed by atoms with van der Waals surface area (Å²) in [4.78, 5) is 12.6. The number of rotatable bonds is 5. The minimum atomic E-state index is -3.61. The summed E-state index contributed by atoms with van der Waals surface area (Å²) in [5, 5.41) is 2.68. The number of aryl methyl sites for hydroxylation is 1. The summed E-state index contributed by atoms with van der Waals surface area (Å²) in [6.45, 7) is 6.33. The second-order valence-corrected chi connectivity index (χ2v) is 9.93. The molecule has 0 radical (unpaired) electrons. The van der Waals surface area contributed by atoms with E-state index in [-0.39, 0.29) is 30.8 Å². The molecule has 8 heteroatoms. The van der Waals surface area contributed by atoms with Crippen LogP contribution < -0.4 is 11.1 Å². The van der Waals surface area contributed by atoms with Gasteiger partial charge < -0.3 is 4.74 Å². The molecule has 3 rings (SSSR count). The van der Waals surface area contributed by atoms with Crippen molar-refractivity contribution >= 4 is 21.8 Å². The minimum absolute atomic E-state index is 0.184. The minimum Gasteiger partial charge on any atom is -0.428 e. The zero-order chi connectivity index (χ0) is 21.9. The molecule has 3 N–H and O–H groups in total. The molecule has 1 saturated heterocycles. The summed E-state index contributed by atoms with van der Waals surface area (Å²) >= 11 is 0. The summed E-state index contributed by atoms with van der Waals surface area (Å²) in [5.74, 6) is 0.402. The van der Waals surface area contributed by atoms with Crippen molar-refractivity contribution in [2.75, 3.05) is 18.4 Å². The Morgan fingerprint density at radius 3 is 2.27 bits per heavy atom. The van der Waals surface area contributed by atoms with Crippen LogP contribution in [0.1, 0.15) is 43.7 Å². The van der Waals surface area contributed by atoms with Gasteiger partial charge >= 0.3 is 6.09 Å². The molecule has 1 aliphatic rings. The predicted octanol–water partition coefficient (Wildman–Crippen LogP) is 3.81. The van der Waals surface area contributed by atoms with Crippen molar-refractivity contribution in [3.63, 3.8) is 0 Å². The highest BCUT2D eigenvalue weighted by Crippen LogP contribution is 2.28. The summed E-state index contributed by atoms with van der Waals surface area (Å²) in [6.07, 6.45) is -0.208. The molecule has 1 heterocycles. The zero-order valence-electron chi connectivity index (χ0n) is 17.6. The number of benzene rings is 2. The van der Waals surface area contributed by atoms with E-state index in [9.17, 15) is 13.2 Å². The fourth-order valence-electron chi connectivity index (χ4n) is 3.47. The van der Waals surface area contributed by atoms with Crippen LogP contribution in [0.15, 0.2) is 53.4 Å². The first kappa shape index (κ1) is 22.3. The molecular formula is C22H29N3O4S. The van der Waals surface area contributed by atoms with E-state index in [2.05, 4.69) is 19.2 Å². The van der Waals surface area contributed by atoms with E-state index in [0.717, 1.165) is 0 Å². The lowest BCUT2D eigenvalue weighted by Gasteiger charge is -2.37. The van der Waals surface area contributed by atoms with Crippen LogP contribution in [0.4, 0.5) is 10.5 Å². The van der Waals surface area contributed by atoms with Gasteiger partial charge in [-0.05, 0) is 42.2 Å². The number of nitrogens with one attached hydrogen (secondary N) is 1. The first-order chi connectivity index (χ1) is 14.1. The first-order valence-electron chi connectivity index (χ1n) is 10.1. The van der Waals surface area contributed by atoms with Gasteiger partial charge in [0, 0.05) is 31.6 Å². The number of carbonyl (C=O) groups is 1. The lowest BCUT2D eigenvalue weighted by molar-refractivity contribution is -0.0116. The highest BCUT2D eigenvalue weighted by molar-refractivity contribution is 7.89. The van der Waals surface area contributed by atoms with Crippen LogP contribution in [-0.2, 0) is 14.8 Å². The van der Waals surface area contributed by atoms with E-state index in [1.807, 2.05) is 24.3 Å².